The smallest absolute Gasteiger partial charge is 0.324 e. The van der Waals surface area contributed by atoms with Gasteiger partial charge in [-0.2, -0.15) is 0 Å². The van der Waals surface area contributed by atoms with Gasteiger partial charge in [-0.15, -0.1) is 11.6 Å². The number of hydrogen-bond acceptors (Lipinski definition) is 4. The number of carbonyl (C=O) groups excluding carboxylic acids is 1. The Bertz CT molecular complexity index is 487. The van der Waals surface area contributed by atoms with E-state index in [0.717, 1.165) is 11.1 Å². The van der Waals surface area contributed by atoms with Gasteiger partial charge < -0.3 is 4.74 Å². The molecule has 0 radical (unpaired) electrons. The number of alkyl halides is 1. The second-order valence-electron chi connectivity index (χ2n) is 4.02. The van der Waals surface area contributed by atoms with E-state index in [1.54, 1.807) is 19.9 Å². The van der Waals surface area contributed by atoms with Crippen molar-refractivity contribution in [1.29, 1.82) is 0 Å². The molecule has 6 heteroatoms. The van der Waals surface area contributed by atoms with E-state index >= 15 is 0 Å². The van der Waals surface area contributed by atoms with E-state index in [4.69, 9.17) is 11.6 Å². The topological polar surface area (TPSA) is 69.4 Å². The molecule has 5 nitrogen and oxygen atoms in total. The third-order valence-corrected chi connectivity index (χ3v) is 3.04. The molecule has 1 atom stereocenters. The fraction of sp³-hybridized carbons (Fsp3) is 0.417. The zero-order valence-electron chi connectivity index (χ0n) is 10.4. The lowest BCUT2D eigenvalue weighted by Crippen LogP contribution is -2.19. The maximum atomic E-state index is 11.2. The first kappa shape index (κ1) is 14.4. The number of methoxy groups -OCH3 is 1. The van der Waals surface area contributed by atoms with Crippen LogP contribution in [0.2, 0.25) is 0 Å². The Labute approximate surface area is 110 Å². The summed E-state index contributed by atoms with van der Waals surface area (Å²) in [6, 6.07) is 3.18. The first-order valence-corrected chi connectivity index (χ1v) is 5.77. The zero-order chi connectivity index (χ0) is 13.9. The number of nitrogens with zero attached hydrogens (tertiary/aromatic N) is 1. The van der Waals surface area contributed by atoms with Gasteiger partial charge in [-0.05, 0) is 37.5 Å². The lowest BCUT2D eigenvalue weighted by molar-refractivity contribution is -0.385. The number of aryl methyl sites for hydroxylation is 2. The minimum atomic E-state index is -0.783. The molecule has 0 aromatic heterocycles. The monoisotopic (exact) mass is 271 g/mol. The number of halogens is 1. The van der Waals surface area contributed by atoms with E-state index in [1.807, 2.05) is 0 Å². The largest absolute Gasteiger partial charge is 0.468 e. The van der Waals surface area contributed by atoms with Crippen LogP contribution in [0.15, 0.2) is 12.1 Å². The molecule has 0 saturated heterocycles. The molecule has 0 spiro atoms. The van der Waals surface area contributed by atoms with Crippen molar-refractivity contribution in [1.82, 2.24) is 0 Å². The molecule has 1 aromatic rings. The lowest BCUT2D eigenvalue weighted by Gasteiger charge is -2.11. The molecule has 0 N–H and O–H groups in total. The van der Waals surface area contributed by atoms with Crippen LogP contribution in [-0.4, -0.2) is 23.4 Å². The Balaban J connectivity index is 3.02. The highest BCUT2D eigenvalue weighted by Gasteiger charge is 2.19. The molecule has 0 fully saturated rings. The van der Waals surface area contributed by atoms with Gasteiger partial charge in [0.25, 0.3) is 5.69 Å². The average molecular weight is 272 g/mol. The van der Waals surface area contributed by atoms with Gasteiger partial charge in [0.1, 0.15) is 5.38 Å². The molecule has 1 rings (SSSR count). The summed E-state index contributed by atoms with van der Waals surface area (Å²) in [6.45, 7) is 3.41. The molecule has 0 heterocycles. The molecule has 98 valence electrons. The van der Waals surface area contributed by atoms with Crippen LogP contribution in [0.25, 0.3) is 0 Å². The van der Waals surface area contributed by atoms with Crippen LogP contribution >= 0.6 is 11.6 Å². The second-order valence-corrected chi connectivity index (χ2v) is 4.54. The minimum absolute atomic E-state index is 0.0699. The van der Waals surface area contributed by atoms with Gasteiger partial charge in [0.05, 0.1) is 12.0 Å². The highest BCUT2D eigenvalue weighted by Crippen LogP contribution is 2.24. The number of rotatable bonds is 4. The summed E-state index contributed by atoms with van der Waals surface area (Å²) in [7, 11) is 1.27. The second kappa shape index (κ2) is 5.82. The van der Waals surface area contributed by atoms with Crippen molar-refractivity contribution in [3.05, 3.63) is 38.9 Å². The molecule has 0 aliphatic rings. The number of hydrogen-bond donors (Lipinski definition) is 0. The number of carbonyl (C=O) groups is 1. The highest BCUT2D eigenvalue weighted by molar-refractivity contribution is 6.30. The fourth-order valence-electron chi connectivity index (χ4n) is 1.68. The van der Waals surface area contributed by atoms with Gasteiger partial charge >= 0.3 is 5.97 Å². The summed E-state index contributed by atoms with van der Waals surface area (Å²) >= 11 is 5.88. The first-order valence-electron chi connectivity index (χ1n) is 5.33. The summed E-state index contributed by atoms with van der Waals surface area (Å²) in [5.41, 5.74) is 2.17. The summed E-state index contributed by atoms with van der Waals surface area (Å²) < 4.78 is 4.54. The fourth-order valence-corrected chi connectivity index (χ4v) is 1.94. The molecule has 0 aliphatic heterocycles. The summed E-state index contributed by atoms with van der Waals surface area (Å²) in [4.78, 5) is 21.6. The van der Waals surface area contributed by atoms with E-state index in [2.05, 4.69) is 4.74 Å². The highest BCUT2D eigenvalue weighted by atomic mass is 35.5. The van der Waals surface area contributed by atoms with Crippen molar-refractivity contribution in [3.8, 4) is 0 Å². The maximum absolute atomic E-state index is 11.2. The Morgan fingerprint density at radius 3 is 2.56 bits per heavy atom. The summed E-state index contributed by atoms with van der Waals surface area (Å²) in [5.74, 6) is -0.507. The number of benzene rings is 1. The van der Waals surface area contributed by atoms with E-state index in [0.29, 0.717) is 12.0 Å². The van der Waals surface area contributed by atoms with Crippen molar-refractivity contribution >= 4 is 23.3 Å². The van der Waals surface area contributed by atoms with Crippen LogP contribution in [-0.2, 0) is 16.0 Å². The standard InChI is InChI=1S/C12H14ClNO4/c1-7-5-11(14(16)17)8(2)4-9(7)6-10(13)12(15)18-3/h4-5,10H,6H2,1-3H3. The van der Waals surface area contributed by atoms with Crippen molar-refractivity contribution in [2.24, 2.45) is 0 Å². The molecule has 0 amide bonds. The van der Waals surface area contributed by atoms with Gasteiger partial charge in [-0.25, -0.2) is 0 Å². The molecular formula is C12H14ClNO4. The predicted molar refractivity (Wildman–Crippen MR) is 67.9 cm³/mol. The van der Waals surface area contributed by atoms with Gasteiger partial charge in [-0.3, -0.25) is 14.9 Å². The quantitative estimate of drug-likeness (QED) is 0.365. The van der Waals surface area contributed by atoms with Crippen LogP contribution in [0.5, 0.6) is 0 Å². The summed E-state index contributed by atoms with van der Waals surface area (Å²) in [6.07, 6.45) is 0.291. The third-order valence-electron chi connectivity index (χ3n) is 2.71. The Kier molecular flexibility index (Phi) is 4.67. The van der Waals surface area contributed by atoms with Gasteiger partial charge in [-0.1, -0.05) is 0 Å². The van der Waals surface area contributed by atoms with Crippen LogP contribution in [0.3, 0.4) is 0 Å². The number of esters is 1. The van der Waals surface area contributed by atoms with E-state index < -0.39 is 16.3 Å². The van der Waals surface area contributed by atoms with Crippen molar-refractivity contribution in [2.75, 3.05) is 7.11 Å². The van der Waals surface area contributed by atoms with Crippen LogP contribution in [0, 0.1) is 24.0 Å². The van der Waals surface area contributed by atoms with E-state index in [-0.39, 0.29) is 5.69 Å². The number of ether oxygens (including phenoxy) is 1. The third kappa shape index (κ3) is 3.20. The molecular weight excluding hydrogens is 258 g/mol. The van der Waals surface area contributed by atoms with E-state index in [1.165, 1.54) is 13.2 Å². The van der Waals surface area contributed by atoms with Crippen LogP contribution < -0.4 is 0 Å². The van der Waals surface area contributed by atoms with Gasteiger partial charge in [0.2, 0.25) is 0 Å². The van der Waals surface area contributed by atoms with Crippen molar-refractivity contribution in [3.63, 3.8) is 0 Å². The SMILES string of the molecule is COC(=O)C(Cl)Cc1cc(C)c([N+](=O)[O-])cc1C. The summed E-state index contributed by atoms with van der Waals surface area (Å²) in [5, 5.41) is 9.98. The van der Waals surface area contributed by atoms with Crippen molar-refractivity contribution < 1.29 is 14.5 Å². The van der Waals surface area contributed by atoms with Gasteiger partial charge in [0, 0.05) is 11.6 Å². The molecule has 1 unspecified atom stereocenters. The zero-order valence-corrected chi connectivity index (χ0v) is 11.2. The van der Waals surface area contributed by atoms with Gasteiger partial charge in [0.15, 0.2) is 0 Å². The molecule has 0 bridgehead atoms. The normalized spacial score (nSPS) is 12.0. The molecule has 1 aromatic carbocycles. The minimum Gasteiger partial charge on any atom is -0.468 e. The Morgan fingerprint density at radius 1 is 1.44 bits per heavy atom. The number of nitro benzene ring substituents is 1. The van der Waals surface area contributed by atoms with Crippen LogP contribution in [0.4, 0.5) is 5.69 Å². The van der Waals surface area contributed by atoms with E-state index in [9.17, 15) is 14.9 Å². The molecule has 0 saturated carbocycles. The first-order chi connectivity index (χ1) is 8.36. The molecule has 18 heavy (non-hydrogen) atoms. The number of nitro groups is 1. The molecule has 0 aliphatic carbocycles. The average Bonchev–Trinajstić information content (AvgIpc) is 2.31. The Morgan fingerprint density at radius 2 is 2.06 bits per heavy atom. The lowest BCUT2D eigenvalue weighted by atomic mass is 10.00. The maximum Gasteiger partial charge on any atom is 0.324 e. The Hall–Kier alpha value is -1.62. The van der Waals surface area contributed by atoms with Crippen LogP contribution in [0.1, 0.15) is 16.7 Å². The van der Waals surface area contributed by atoms with Crippen molar-refractivity contribution in [2.45, 2.75) is 25.6 Å². The predicted octanol–water partition coefficient (Wildman–Crippen LogP) is 2.53.